The summed E-state index contributed by atoms with van der Waals surface area (Å²) in [5, 5.41) is 3.13. The molecule has 1 spiro atoms. The molecule has 2 fully saturated rings. The van der Waals surface area contributed by atoms with Crippen molar-refractivity contribution in [3.8, 4) is 0 Å². The van der Waals surface area contributed by atoms with Crippen LogP contribution in [-0.4, -0.2) is 57.0 Å². The van der Waals surface area contributed by atoms with Crippen LogP contribution in [0.3, 0.4) is 0 Å². The molecule has 0 radical (unpaired) electrons. The van der Waals surface area contributed by atoms with Crippen molar-refractivity contribution in [1.29, 1.82) is 0 Å². The smallest absolute Gasteiger partial charge is 0.410 e. The first-order chi connectivity index (χ1) is 16.6. The predicted molar refractivity (Wildman–Crippen MR) is 128 cm³/mol. The van der Waals surface area contributed by atoms with Gasteiger partial charge in [-0.15, -0.1) is 0 Å². The average molecular weight is 458 g/mol. The summed E-state index contributed by atoms with van der Waals surface area (Å²) >= 11 is 0. The van der Waals surface area contributed by atoms with Crippen molar-refractivity contribution in [1.82, 2.24) is 19.8 Å². The van der Waals surface area contributed by atoms with Gasteiger partial charge in [0, 0.05) is 49.7 Å². The van der Waals surface area contributed by atoms with Gasteiger partial charge in [0.1, 0.15) is 5.60 Å². The van der Waals surface area contributed by atoms with Gasteiger partial charge in [0.25, 0.3) is 5.91 Å². The first-order valence-corrected chi connectivity index (χ1v) is 11.6. The van der Waals surface area contributed by atoms with Gasteiger partial charge in [-0.3, -0.25) is 9.69 Å². The molecular formula is C26H27N5O3. The van der Waals surface area contributed by atoms with Crippen LogP contribution in [0.4, 0.5) is 16.4 Å². The molecule has 0 bridgehead atoms. The van der Waals surface area contributed by atoms with Crippen molar-refractivity contribution in [2.75, 3.05) is 25.0 Å². The molecule has 5 rings (SSSR count). The molecule has 3 heterocycles. The Morgan fingerprint density at radius 2 is 1.82 bits per heavy atom. The summed E-state index contributed by atoms with van der Waals surface area (Å²) < 4.78 is 5.90. The van der Waals surface area contributed by atoms with Gasteiger partial charge >= 0.3 is 6.09 Å². The monoisotopic (exact) mass is 457 g/mol. The van der Waals surface area contributed by atoms with Crippen molar-refractivity contribution >= 4 is 23.6 Å². The Hall–Kier alpha value is -3.94. The van der Waals surface area contributed by atoms with Crippen LogP contribution in [0.25, 0.3) is 0 Å². The third-order valence-electron chi connectivity index (χ3n) is 6.37. The van der Waals surface area contributed by atoms with Gasteiger partial charge in [0.05, 0.1) is 6.54 Å². The summed E-state index contributed by atoms with van der Waals surface area (Å²) in [6.45, 7) is 2.27. The number of carbonyl (C=O) groups excluding carboxylic acids is 2. The van der Waals surface area contributed by atoms with Gasteiger partial charge in [0.15, 0.2) is 0 Å². The van der Waals surface area contributed by atoms with E-state index < -0.39 is 5.60 Å². The number of hydrogen-bond acceptors (Lipinski definition) is 6. The zero-order chi connectivity index (χ0) is 23.4. The molecule has 2 aromatic carbocycles. The highest BCUT2D eigenvalue weighted by atomic mass is 16.6. The molecule has 1 aromatic heterocycles. The maximum absolute atomic E-state index is 13.3. The number of amides is 2. The molecular weight excluding hydrogens is 430 g/mol. The highest BCUT2D eigenvalue weighted by Gasteiger charge is 2.46. The Balaban J connectivity index is 1.23. The van der Waals surface area contributed by atoms with Gasteiger partial charge in [-0.25, -0.2) is 14.8 Å². The fourth-order valence-electron chi connectivity index (χ4n) is 4.65. The number of likely N-dealkylation sites (tertiary alicyclic amines) is 1. The number of ether oxygens (including phenoxy) is 1. The average Bonchev–Trinajstić information content (AvgIpc) is 3.02. The summed E-state index contributed by atoms with van der Waals surface area (Å²) in [6.07, 6.45) is 5.22. The van der Waals surface area contributed by atoms with E-state index in [4.69, 9.17) is 4.74 Å². The molecule has 1 atom stereocenters. The van der Waals surface area contributed by atoms with Crippen LogP contribution < -0.4 is 5.32 Å². The van der Waals surface area contributed by atoms with Crippen molar-refractivity contribution in [2.45, 2.75) is 31.4 Å². The third-order valence-corrected chi connectivity index (χ3v) is 6.37. The lowest BCUT2D eigenvalue weighted by Gasteiger charge is -2.25. The maximum atomic E-state index is 13.3. The van der Waals surface area contributed by atoms with E-state index >= 15 is 0 Å². The van der Waals surface area contributed by atoms with Crippen molar-refractivity contribution in [3.63, 3.8) is 0 Å². The number of nitrogens with zero attached hydrogens (tertiary/aromatic N) is 4. The molecule has 2 saturated heterocycles. The van der Waals surface area contributed by atoms with Gasteiger partial charge < -0.3 is 15.0 Å². The van der Waals surface area contributed by atoms with E-state index in [0.29, 0.717) is 44.1 Å². The molecule has 2 aliphatic heterocycles. The molecule has 8 heteroatoms. The van der Waals surface area contributed by atoms with E-state index in [1.54, 1.807) is 23.4 Å². The molecule has 2 amide bonds. The summed E-state index contributed by atoms with van der Waals surface area (Å²) in [7, 11) is 0. The molecule has 8 nitrogen and oxygen atoms in total. The van der Waals surface area contributed by atoms with Gasteiger partial charge in [-0.05, 0) is 42.7 Å². The zero-order valence-corrected chi connectivity index (χ0v) is 18.9. The van der Waals surface area contributed by atoms with Crippen LogP contribution >= 0.6 is 0 Å². The Morgan fingerprint density at radius 3 is 2.65 bits per heavy atom. The van der Waals surface area contributed by atoms with E-state index in [1.165, 1.54) is 0 Å². The first kappa shape index (κ1) is 21.9. The predicted octanol–water partition coefficient (Wildman–Crippen LogP) is 4.24. The minimum absolute atomic E-state index is 0.0276. The highest BCUT2D eigenvalue weighted by Crippen LogP contribution is 2.34. The van der Waals surface area contributed by atoms with E-state index in [0.717, 1.165) is 24.1 Å². The molecule has 2 aliphatic rings. The number of nitrogens with one attached hydrogen (secondary N) is 1. The fraction of sp³-hybridized carbons (Fsp3) is 0.308. The lowest BCUT2D eigenvalue weighted by atomic mass is 9.95. The molecule has 0 aliphatic carbocycles. The number of anilines is 2. The van der Waals surface area contributed by atoms with Crippen LogP contribution in [0.1, 0.15) is 35.2 Å². The zero-order valence-electron chi connectivity index (χ0n) is 18.9. The van der Waals surface area contributed by atoms with Gasteiger partial charge in [-0.1, -0.05) is 36.4 Å². The second-order valence-electron chi connectivity index (χ2n) is 8.82. The van der Waals surface area contributed by atoms with Gasteiger partial charge in [-0.2, -0.15) is 0 Å². The second kappa shape index (κ2) is 9.51. The quantitative estimate of drug-likeness (QED) is 0.617. The van der Waals surface area contributed by atoms with Crippen molar-refractivity contribution < 1.29 is 14.3 Å². The molecule has 174 valence electrons. The third kappa shape index (κ3) is 4.85. The SMILES string of the molecule is O=C1O[C@@]2(CCCN(C(=O)c3cccc(Nc4ncccn4)c3)CC2)CN1Cc1ccccc1. The maximum Gasteiger partial charge on any atom is 0.410 e. The van der Waals surface area contributed by atoms with Crippen LogP contribution in [0.15, 0.2) is 73.1 Å². The van der Waals surface area contributed by atoms with Crippen LogP contribution in [0.5, 0.6) is 0 Å². The number of hydrogen-bond donors (Lipinski definition) is 1. The molecule has 34 heavy (non-hydrogen) atoms. The van der Waals surface area contributed by atoms with E-state index in [1.807, 2.05) is 59.5 Å². The topological polar surface area (TPSA) is 87.7 Å². The largest absolute Gasteiger partial charge is 0.441 e. The van der Waals surface area contributed by atoms with E-state index in [9.17, 15) is 9.59 Å². The summed E-state index contributed by atoms with van der Waals surface area (Å²) in [6, 6.07) is 19.0. The van der Waals surface area contributed by atoms with E-state index in [2.05, 4.69) is 15.3 Å². The Kier molecular flexibility index (Phi) is 6.12. The Labute approximate surface area is 198 Å². The lowest BCUT2D eigenvalue weighted by Crippen LogP contribution is -2.37. The molecule has 0 unspecified atom stereocenters. The van der Waals surface area contributed by atoms with Crippen molar-refractivity contribution in [2.24, 2.45) is 0 Å². The van der Waals surface area contributed by atoms with Crippen LogP contribution in [0.2, 0.25) is 0 Å². The summed E-state index contributed by atoms with van der Waals surface area (Å²) in [4.78, 5) is 37.8. The lowest BCUT2D eigenvalue weighted by molar-refractivity contribution is 0.0438. The van der Waals surface area contributed by atoms with E-state index in [-0.39, 0.29) is 12.0 Å². The summed E-state index contributed by atoms with van der Waals surface area (Å²) in [5.74, 6) is 0.451. The molecule has 0 saturated carbocycles. The summed E-state index contributed by atoms with van der Waals surface area (Å²) in [5.41, 5.74) is 1.90. The molecule has 3 aromatic rings. The first-order valence-electron chi connectivity index (χ1n) is 11.6. The number of aromatic nitrogens is 2. The number of carbonyl (C=O) groups is 2. The van der Waals surface area contributed by atoms with Gasteiger partial charge in [0.2, 0.25) is 5.95 Å². The van der Waals surface area contributed by atoms with Crippen molar-refractivity contribution in [3.05, 3.63) is 84.2 Å². The standard InChI is InChI=1S/C26H27N5O3/c32-23(21-9-4-10-22(17-21)29-24-27-13-6-14-28-24)30-15-5-11-26(12-16-30)19-31(25(33)34-26)18-20-7-2-1-3-8-20/h1-4,6-10,13-14,17H,5,11-12,15-16,18-19H2,(H,27,28,29)/t26-/m1/s1. The normalized spacial score (nSPS) is 20.2. The number of rotatable bonds is 5. The highest BCUT2D eigenvalue weighted by molar-refractivity contribution is 5.95. The molecule has 1 N–H and O–H groups in total. The van der Waals surface area contributed by atoms with Crippen LogP contribution in [0, 0.1) is 0 Å². The number of benzene rings is 2. The second-order valence-corrected chi connectivity index (χ2v) is 8.82. The minimum Gasteiger partial charge on any atom is -0.441 e. The fourth-order valence-corrected chi connectivity index (χ4v) is 4.65. The minimum atomic E-state index is -0.533. The Morgan fingerprint density at radius 1 is 1.00 bits per heavy atom. The Bertz CT molecular complexity index is 1160. The van der Waals surface area contributed by atoms with Crippen LogP contribution in [-0.2, 0) is 11.3 Å².